The highest BCUT2D eigenvalue weighted by atomic mass is 28.3. The number of hydrogen-bond donors (Lipinski definition) is 2. The second-order valence-electron chi connectivity index (χ2n) is 1.60. The van der Waals surface area contributed by atoms with Gasteiger partial charge < -0.3 is 19.9 Å². The van der Waals surface area contributed by atoms with Crippen molar-refractivity contribution in [2.45, 2.75) is 6.55 Å². The summed E-state index contributed by atoms with van der Waals surface area (Å²) in [6, 6.07) is 0. The summed E-state index contributed by atoms with van der Waals surface area (Å²) in [6.07, 6.45) is 0. The first-order valence-corrected chi connectivity index (χ1v) is 5.22. The van der Waals surface area contributed by atoms with Crippen molar-refractivity contribution in [1.82, 2.24) is 5.32 Å². The summed E-state index contributed by atoms with van der Waals surface area (Å²) in [5.74, 6) is 0. The zero-order valence-corrected chi connectivity index (χ0v) is 8.33. The summed E-state index contributed by atoms with van der Waals surface area (Å²) in [4.78, 5) is 0. The maximum atomic E-state index is 4.92. The monoisotopic (exact) mass is 166 g/mol. The largest absolute Gasteiger partial charge is 0.400 e. The topological polar surface area (TPSA) is 56.5 Å². The molecule has 10 heavy (non-hydrogen) atoms. The van der Waals surface area contributed by atoms with E-state index in [0.29, 0.717) is 6.67 Å². The highest BCUT2D eigenvalue weighted by Gasteiger charge is 1.94. The van der Waals surface area contributed by atoms with Gasteiger partial charge in [-0.3, -0.25) is 0 Å². The van der Waals surface area contributed by atoms with Gasteiger partial charge in [-0.1, -0.05) is 0 Å². The molecule has 3 N–H and O–H groups in total. The molecule has 0 fully saturated rings. The normalized spacial score (nSPS) is 9.00. The number of rotatable bonds is 3. The van der Waals surface area contributed by atoms with Gasteiger partial charge >= 0.3 is 9.28 Å². The molecule has 0 rings (SSSR count). The third-order valence-corrected chi connectivity index (χ3v) is 2.20. The van der Waals surface area contributed by atoms with Crippen molar-refractivity contribution in [3.8, 4) is 0 Å². The van der Waals surface area contributed by atoms with Gasteiger partial charge in [-0.15, -0.1) is 0 Å². The number of nitrogens with one attached hydrogen (secondary N) is 1. The molecule has 0 aliphatic carbocycles. The molecule has 0 bridgehead atoms. The van der Waals surface area contributed by atoms with Crippen molar-refractivity contribution in [2.24, 2.45) is 5.73 Å². The molecule has 5 heteroatoms. The molecule has 0 aromatic rings. The molecule has 0 spiro atoms. The molecule has 64 valence electrons. The molecular weight excluding hydrogens is 148 g/mol. The van der Waals surface area contributed by atoms with Crippen LogP contribution >= 0.6 is 0 Å². The Morgan fingerprint density at radius 3 is 1.70 bits per heavy atom. The first-order chi connectivity index (χ1) is 4.72. The predicted molar refractivity (Wildman–Crippen MR) is 45.1 cm³/mol. The Morgan fingerprint density at radius 1 is 1.40 bits per heavy atom. The van der Waals surface area contributed by atoms with E-state index in [1.54, 1.807) is 21.3 Å². The quantitative estimate of drug-likeness (QED) is 0.428. The van der Waals surface area contributed by atoms with E-state index in [9.17, 15) is 0 Å². The van der Waals surface area contributed by atoms with Crippen LogP contribution in [0.4, 0.5) is 0 Å². The molecule has 0 aromatic heterocycles. The molecule has 0 heterocycles. The summed E-state index contributed by atoms with van der Waals surface area (Å²) in [7, 11) is 3.98. The first-order valence-electron chi connectivity index (χ1n) is 3.13. The van der Waals surface area contributed by atoms with Crippen LogP contribution in [-0.2, 0) is 8.85 Å². The third-order valence-electron chi connectivity index (χ3n) is 0.868. The summed E-state index contributed by atoms with van der Waals surface area (Å²) in [6.45, 7) is 2.54. The molecule has 0 atom stereocenters. The zero-order chi connectivity index (χ0) is 8.41. The predicted octanol–water partition coefficient (Wildman–Crippen LogP) is -0.748. The van der Waals surface area contributed by atoms with Gasteiger partial charge in [0.05, 0.1) is 0 Å². The summed E-state index contributed by atoms with van der Waals surface area (Å²) in [5, 5.41) is 2.71. The summed E-state index contributed by atoms with van der Waals surface area (Å²) in [5.41, 5.74) is 4.92. The fourth-order valence-corrected chi connectivity index (χ4v) is 0.289. The van der Waals surface area contributed by atoms with Gasteiger partial charge in [0.2, 0.25) is 0 Å². The van der Waals surface area contributed by atoms with E-state index >= 15 is 0 Å². The Labute approximate surface area is 64.5 Å². The maximum absolute atomic E-state index is 4.92. The lowest BCUT2D eigenvalue weighted by atomic mass is 11.1. The van der Waals surface area contributed by atoms with Gasteiger partial charge in [-0.2, -0.15) is 0 Å². The van der Waals surface area contributed by atoms with E-state index in [0.717, 1.165) is 0 Å². The Balaban J connectivity index is 0. The minimum Gasteiger partial charge on any atom is -0.400 e. The zero-order valence-electron chi connectivity index (χ0n) is 7.18. The minimum atomic E-state index is -1.16. The van der Waals surface area contributed by atoms with Crippen LogP contribution in [0.25, 0.3) is 0 Å². The van der Waals surface area contributed by atoms with Gasteiger partial charge in [-0.25, -0.2) is 0 Å². The lowest BCUT2D eigenvalue weighted by Gasteiger charge is -2.00. The molecule has 0 radical (unpaired) electrons. The standard InChI is InChI=1S/C3H10O2Si.C2H8N2/c1-4-6(3)5-2;1-4-2-3/h6H,1-3H3;4H,2-3H2,1H3. The Morgan fingerprint density at radius 2 is 1.70 bits per heavy atom. The van der Waals surface area contributed by atoms with Gasteiger partial charge in [0.1, 0.15) is 0 Å². The van der Waals surface area contributed by atoms with Crippen LogP contribution in [0.3, 0.4) is 0 Å². The van der Waals surface area contributed by atoms with Gasteiger partial charge in [0.15, 0.2) is 0 Å². The molecule has 4 nitrogen and oxygen atoms in total. The molecule has 0 aliphatic rings. The van der Waals surface area contributed by atoms with E-state index in [1.807, 2.05) is 6.55 Å². The lowest BCUT2D eigenvalue weighted by molar-refractivity contribution is 0.285. The van der Waals surface area contributed by atoms with Gasteiger partial charge in [-0.05, 0) is 13.6 Å². The van der Waals surface area contributed by atoms with Crippen molar-refractivity contribution >= 4 is 9.28 Å². The van der Waals surface area contributed by atoms with Crippen molar-refractivity contribution in [1.29, 1.82) is 0 Å². The molecule has 0 unspecified atom stereocenters. The van der Waals surface area contributed by atoms with Crippen LogP contribution in [-0.4, -0.2) is 37.2 Å². The van der Waals surface area contributed by atoms with Gasteiger partial charge in [0.25, 0.3) is 0 Å². The van der Waals surface area contributed by atoms with Crippen molar-refractivity contribution < 1.29 is 8.85 Å². The van der Waals surface area contributed by atoms with E-state index in [1.165, 1.54) is 0 Å². The van der Waals surface area contributed by atoms with Crippen LogP contribution in [0.15, 0.2) is 0 Å². The van der Waals surface area contributed by atoms with Crippen LogP contribution in [0.1, 0.15) is 0 Å². The molecule has 0 saturated carbocycles. The van der Waals surface area contributed by atoms with Crippen molar-refractivity contribution in [3.05, 3.63) is 0 Å². The Hall–Kier alpha value is 0.0569. The van der Waals surface area contributed by atoms with Crippen molar-refractivity contribution in [2.75, 3.05) is 27.9 Å². The van der Waals surface area contributed by atoms with Crippen LogP contribution in [0, 0.1) is 0 Å². The number of nitrogens with two attached hydrogens (primary N) is 1. The second kappa shape index (κ2) is 11.8. The average molecular weight is 166 g/mol. The molecule has 0 aliphatic heterocycles. The summed E-state index contributed by atoms with van der Waals surface area (Å²) < 4.78 is 9.63. The van der Waals surface area contributed by atoms with E-state index in [2.05, 4.69) is 5.32 Å². The van der Waals surface area contributed by atoms with E-state index < -0.39 is 9.28 Å². The summed E-state index contributed by atoms with van der Waals surface area (Å²) >= 11 is 0. The third kappa shape index (κ3) is 15.7. The fraction of sp³-hybridized carbons (Fsp3) is 1.00. The fourth-order valence-electron chi connectivity index (χ4n) is 0.0962. The lowest BCUT2D eigenvalue weighted by Crippen LogP contribution is -2.15. The highest BCUT2D eigenvalue weighted by molar-refractivity contribution is 6.42. The average Bonchev–Trinajstić information content (AvgIpc) is 2.03. The van der Waals surface area contributed by atoms with Crippen molar-refractivity contribution in [3.63, 3.8) is 0 Å². The molecule has 0 saturated heterocycles. The SMILES string of the molecule is CNCN.CO[SiH](C)OC. The second-order valence-corrected chi connectivity index (χ2v) is 3.67. The van der Waals surface area contributed by atoms with Gasteiger partial charge in [0, 0.05) is 20.9 Å². The smallest absolute Gasteiger partial charge is 0.317 e. The Kier molecular flexibility index (Phi) is 15.0. The van der Waals surface area contributed by atoms with E-state index in [4.69, 9.17) is 14.6 Å². The van der Waals surface area contributed by atoms with E-state index in [-0.39, 0.29) is 0 Å². The number of hydrogen-bond acceptors (Lipinski definition) is 4. The maximum Gasteiger partial charge on any atom is 0.317 e. The molecule has 0 amide bonds. The molecular formula is C5H18N2O2Si. The van der Waals surface area contributed by atoms with Crippen LogP contribution in [0.5, 0.6) is 0 Å². The molecule has 0 aromatic carbocycles. The highest BCUT2D eigenvalue weighted by Crippen LogP contribution is 1.77. The minimum absolute atomic E-state index is 0.569. The Bertz CT molecular complexity index is 50.9. The van der Waals surface area contributed by atoms with Crippen LogP contribution < -0.4 is 11.1 Å². The van der Waals surface area contributed by atoms with Crippen LogP contribution in [0.2, 0.25) is 6.55 Å². The first kappa shape index (κ1) is 12.7.